The summed E-state index contributed by atoms with van der Waals surface area (Å²) in [6, 6.07) is 10.6. The first-order chi connectivity index (χ1) is 13.2. The molecule has 0 bridgehead atoms. The van der Waals surface area contributed by atoms with Gasteiger partial charge in [-0.25, -0.2) is 9.97 Å². The van der Waals surface area contributed by atoms with Gasteiger partial charge in [0.05, 0.1) is 18.9 Å². The third-order valence-electron chi connectivity index (χ3n) is 5.00. The van der Waals surface area contributed by atoms with Gasteiger partial charge in [-0.2, -0.15) is 11.8 Å². The summed E-state index contributed by atoms with van der Waals surface area (Å²) >= 11 is 1.95. The molecule has 0 amide bonds. The van der Waals surface area contributed by atoms with Crippen LogP contribution in [0, 0.1) is 0 Å². The second-order valence-electron chi connectivity index (χ2n) is 6.95. The average Bonchev–Trinajstić information content (AvgIpc) is 3.20. The van der Waals surface area contributed by atoms with Gasteiger partial charge in [0.1, 0.15) is 5.82 Å². The van der Waals surface area contributed by atoms with Crippen LogP contribution >= 0.6 is 11.8 Å². The van der Waals surface area contributed by atoms with Crippen molar-refractivity contribution in [3.8, 4) is 11.4 Å². The molecule has 1 aliphatic heterocycles. The third-order valence-corrected chi connectivity index (χ3v) is 6.37. The number of aromatic amines is 1. The Kier molecular flexibility index (Phi) is 5.64. The maximum absolute atomic E-state index is 5.51. The number of anilines is 1. The number of thioether (sulfide) groups is 1. The average molecular weight is 383 g/mol. The summed E-state index contributed by atoms with van der Waals surface area (Å²) in [4.78, 5) is 15.4. The molecule has 1 atom stereocenters. The van der Waals surface area contributed by atoms with Gasteiger partial charge in [-0.1, -0.05) is 13.8 Å². The van der Waals surface area contributed by atoms with Crippen LogP contribution in [0.15, 0.2) is 36.5 Å². The molecule has 3 heterocycles. The fourth-order valence-corrected chi connectivity index (χ4v) is 4.02. The lowest BCUT2D eigenvalue weighted by Gasteiger charge is -2.28. The monoisotopic (exact) mass is 382 g/mol. The molecule has 1 aromatic carbocycles. The summed E-state index contributed by atoms with van der Waals surface area (Å²) in [5, 5.41) is 1.81. The van der Waals surface area contributed by atoms with Crippen molar-refractivity contribution >= 4 is 28.5 Å². The van der Waals surface area contributed by atoms with E-state index in [1.807, 2.05) is 18.0 Å². The molecule has 142 valence electrons. The molecule has 0 radical (unpaired) electrons. The van der Waals surface area contributed by atoms with E-state index in [9.17, 15) is 0 Å². The summed E-state index contributed by atoms with van der Waals surface area (Å²) in [6.45, 7) is 7.78. The number of nitrogens with zero attached hydrogens (tertiary/aromatic N) is 3. The van der Waals surface area contributed by atoms with Gasteiger partial charge in [0.2, 0.25) is 0 Å². The summed E-state index contributed by atoms with van der Waals surface area (Å²) in [5.74, 6) is 2.73. The smallest absolute Gasteiger partial charge is 0.161 e. The molecule has 1 saturated heterocycles. The molecule has 1 aliphatic rings. The van der Waals surface area contributed by atoms with Gasteiger partial charge in [0, 0.05) is 52.8 Å². The van der Waals surface area contributed by atoms with E-state index in [-0.39, 0.29) is 0 Å². The Balaban J connectivity index is 1.69. The highest BCUT2D eigenvalue weighted by molar-refractivity contribution is 7.99. The van der Waals surface area contributed by atoms with E-state index in [0.29, 0.717) is 5.25 Å². The molecule has 4 rings (SSSR count). The lowest BCUT2D eigenvalue weighted by molar-refractivity contribution is 0.122. The zero-order valence-electron chi connectivity index (χ0n) is 15.9. The molecule has 5 nitrogen and oxygen atoms in total. The van der Waals surface area contributed by atoms with Gasteiger partial charge in [0.15, 0.2) is 5.82 Å². The molecule has 6 heteroatoms. The van der Waals surface area contributed by atoms with E-state index >= 15 is 0 Å². The van der Waals surface area contributed by atoms with Crippen molar-refractivity contribution in [3.63, 3.8) is 0 Å². The number of nitrogens with one attached hydrogen (secondary N) is 1. The molecular formula is C21H26N4OS. The highest BCUT2D eigenvalue weighted by Crippen LogP contribution is 2.27. The molecule has 0 aliphatic carbocycles. The first-order valence-corrected chi connectivity index (χ1v) is 10.7. The largest absolute Gasteiger partial charge is 0.378 e. The van der Waals surface area contributed by atoms with Crippen LogP contribution in [0.2, 0.25) is 0 Å². The molecule has 0 spiro atoms. The van der Waals surface area contributed by atoms with Crippen molar-refractivity contribution in [1.82, 2.24) is 15.0 Å². The molecule has 27 heavy (non-hydrogen) atoms. The third kappa shape index (κ3) is 4.28. The fourth-order valence-electron chi connectivity index (χ4n) is 3.18. The summed E-state index contributed by atoms with van der Waals surface area (Å²) in [7, 11) is 0. The number of fused-ring (bicyclic) bond motifs is 1. The molecular weight excluding hydrogens is 356 g/mol. The van der Waals surface area contributed by atoms with Crippen LogP contribution < -0.4 is 4.90 Å². The number of hydrogen-bond acceptors (Lipinski definition) is 5. The fraction of sp³-hybridized carbons (Fsp3) is 0.429. The van der Waals surface area contributed by atoms with Gasteiger partial charge in [0.25, 0.3) is 0 Å². The maximum atomic E-state index is 5.51. The Morgan fingerprint density at radius 3 is 2.85 bits per heavy atom. The minimum Gasteiger partial charge on any atom is -0.378 e. The van der Waals surface area contributed by atoms with Crippen LogP contribution in [-0.2, 0) is 10.5 Å². The van der Waals surface area contributed by atoms with Gasteiger partial charge < -0.3 is 14.6 Å². The van der Waals surface area contributed by atoms with Crippen molar-refractivity contribution < 1.29 is 4.74 Å². The first kappa shape index (κ1) is 18.3. The molecule has 3 aromatic rings. The van der Waals surface area contributed by atoms with Crippen LogP contribution in [0.4, 0.5) is 5.82 Å². The van der Waals surface area contributed by atoms with Crippen LogP contribution in [0.1, 0.15) is 26.0 Å². The van der Waals surface area contributed by atoms with Crippen molar-refractivity contribution in [2.75, 3.05) is 31.2 Å². The quantitative estimate of drug-likeness (QED) is 0.681. The van der Waals surface area contributed by atoms with E-state index in [1.54, 1.807) is 0 Å². The second kappa shape index (κ2) is 8.31. The van der Waals surface area contributed by atoms with E-state index < -0.39 is 0 Å². The molecule has 1 fully saturated rings. The Morgan fingerprint density at radius 1 is 1.19 bits per heavy atom. The van der Waals surface area contributed by atoms with E-state index in [1.165, 1.54) is 11.8 Å². The number of rotatable bonds is 6. The molecule has 1 unspecified atom stereocenters. The predicted octanol–water partition coefficient (Wildman–Crippen LogP) is 4.49. The lowest BCUT2D eigenvalue weighted by atomic mass is 10.1. The maximum Gasteiger partial charge on any atom is 0.161 e. The molecule has 1 N–H and O–H groups in total. The van der Waals surface area contributed by atoms with Crippen molar-refractivity contribution in [2.45, 2.75) is 31.3 Å². The highest BCUT2D eigenvalue weighted by atomic mass is 32.2. The molecule has 0 saturated carbocycles. The SMILES string of the molecule is CCC(C)SCc1cc(N2CCOCC2)nc(-c2ccc3[nH]ccc3c2)n1. The van der Waals surface area contributed by atoms with E-state index in [2.05, 4.69) is 54.1 Å². The van der Waals surface area contributed by atoms with Crippen LogP contribution in [0.5, 0.6) is 0 Å². The number of ether oxygens (including phenoxy) is 1. The van der Waals surface area contributed by atoms with Crippen molar-refractivity contribution in [3.05, 3.63) is 42.2 Å². The summed E-state index contributed by atoms with van der Waals surface area (Å²) in [6.07, 6.45) is 3.14. The van der Waals surface area contributed by atoms with Crippen molar-refractivity contribution in [1.29, 1.82) is 0 Å². The molecule has 2 aromatic heterocycles. The number of H-pyrrole nitrogens is 1. The number of aromatic nitrogens is 3. The van der Waals surface area contributed by atoms with Gasteiger partial charge in [-0.15, -0.1) is 0 Å². The van der Waals surface area contributed by atoms with Gasteiger partial charge in [-0.3, -0.25) is 0 Å². The standard InChI is InChI=1S/C21H26N4OS/c1-3-15(2)27-14-18-13-20(25-8-10-26-11-9-25)24-21(23-18)17-4-5-19-16(12-17)6-7-22-19/h4-7,12-13,15,22H,3,8-11,14H2,1-2H3. The zero-order chi connectivity index (χ0) is 18.6. The minimum atomic E-state index is 0.631. The van der Waals surface area contributed by atoms with Crippen LogP contribution in [0.25, 0.3) is 22.3 Å². The minimum absolute atomic E-state index is 0.631. The Hall–Kier alpha value is -2.05. The van der Waals surface area contributed by atoms with E-state index in [0.717, 1.165) is 60.5 Å². The summed E-state index contributed by atoms with van der Waals surface area (Å²) in [5.41, 5.74) is 3.29. The topological polar surface area (TPSA) is 54.0 Å². The highest BCUT2D eigenvalue weighted by Gasteiger charge is 2.16. The summed E-state index contributed by atoms with van der Waals surface area (Å²) < 4.78 is 5.51. The first-order valence-electron chi connectivity index (χ1n) is 9.62. The number of morpholine rings is 1. The van der Waals surface area contributed by atoms with E-state index in [4.69, 9.17) is 14.7 Å². The van der Waals surface area contributed by atoms with Gasteiger partial charge >= 0.3 is 0 Å². The number of benzene rings is 1. The second-order valence-corrected chi connectivity index (χ2v) is 8.38. The lowest BCUT2D eigenvalue weighted by Crippen LogP contribution is -2.37. The Bertz CT molecular complexity index is 904. The van der Waals surface area contributed by atoms with Crippen LogP contribution in [-0.4, -0.2) is 46.5 Å². The normalized spacial score (nSPS) is 16.0. The number of hydrogen-bond donors (Lipinski definition) is 1. The van der Waals surface area contributed by atoms with Crippen LogP contribution in [0.3, 0.4) is 0 Å². The van der Waals surface area contributed by atoms with Crippen molar-refractivity contribution in [2.24, 2.45) is 0 Å². The Morgan fingerprint density at radius 2 is 2.04 bits per heavy atom. The Labute approximate surface area is 164 Å². The predicted molar refractivity (Wildman–Crippen MR) is 113 cm³/mol. The zero-order valence-corrected chi connectivity index (χ0v) is 16.8. The van der Waals surface area contributed by atoms with Gasteiger partial charge in [-0.05, 0) is 30.7 Å².